The Morgan fingerprint density at radius 1 is 1.39 bits per heavy atom. The van der Waals surface area contributed by atoms with Crippen molar-refractivity contribution in [1.29, 1.82) is 0 Å². The molecule has 1 heterocycles. The summed E-state index contributed by atoms with van der Waals surface area (Å²) in [5.41, 5.74) is 0.476. The van der Waals surface area contributed by atoms with Gasteiger partial charge in [0.05, 0.1) is 10.6 Å². The zero-order chi connectivity index (χ0) is 12.5. The molecule has 2 fully saturated rings. The SMILES string of the molecule is O=C(NCC(C1CC1)C1CC1)c1cnccc1Cl. The third-order valence-corrected chi connectivity index (χ3v) is 4.30. The van der Waals surface area contributed by atoms with Crippen LogP contribution in [0, 0.1) is 17.8 Å². The van der Waals surface area contributed by atoms with Crippen LogP contribution in [0.1, 0.15) is 36.0 Å². The number of pyridine rings is 1. The average Bonchev–Trinajstić information content (AvgIpc) is 3.24. The molecule has 0 spiro atoms. The second-order valence-electron chi connectivity index (χ2n) is 5.40. The topological polar surface area (TPSA) is 42.0 Å². The fraction of sp³-hybridized carbons (Fsp3) is 0.571. The first-order valence-electron chi connectivity index (χ1n) is 6.63. The predicted octanol–water partition coefficient (Wildman–Crippen LogP) is 2.90. The third-order valence-electron chi connectivity index (χ3n) is 3.97. The molecule has 0 radical (unpaired) electrons. The van der Waals surface area contributed by atoms with Gasteiger partial charge in [0.2, 0.25) is 0 Å². The number of carbonyl (C=O) groups is 1. The normalized spacial score (nSPS) is 19.0. The Kier molecular flexibility index (Phi) is 3.25. The minimum atomic E-state index is -0.0978. The van der Waals surface area contributed by atoms with Gasteiger partial charge in [0.15, 0.2) is 0 Å². The summed E-state index contributed by atoms with van der Waals surface area (Å²) in [6, 6.07) is 1.65. The van der Waals surface area contributed by atoms with Gasteiger partial charge in [-0.1, -0.05) is 11.6 Å². The Morgan fingerprint density at radius 2 is 2.06 bits per heavy atom. The second-order valence-corrected chi connectivity index (χ2v) is 5.81. The van der Waals surface area contributed by atoms with Crippen molar-refractivity contribution in [1.82, 2.24) is 10.3 Å². The molecule has 4 heteroatoms. The van der Waals surface area contributed by atoms with Crippen molar-refractivity contribution in [2.75, 3.05) is 6.54 Å². The highest BCUT2D eigenvalue weighted by Crippen LogP contribution is 2.48. The van der Waals surface area contributed by atoms with Crippen LogP contribution in [0.15, 0.2) is 18.5 Å². The van der Waals surface area contributed by atoms with E-state index in [9.17, 15) is 4.79 Å². The molecule has 0 atom stereocenters. The van der Waals surface area contributed by atoms with E-state index in [0.717, 1.165) is 18.4 Å². The minimum Gasteiger partial charge on any atom is -0.352 e. The van der Waals surface area contributed by atoms with Gasteiger partial charge in [-0.2, -0.15) is 0 Å². The summed E-state index contributed by atoms with van der Waals surface area (Å²) in [5.74, 6) is 2.29. The van der Waals surface area contributed by atoms with Crippen LogP contribution >= 0.6 is 11.6 Å². The van der Waals surface area contributed by atoms with Gasteiger partial charge in [0, 0.05) is 18.9 Å². The quantitative estimate of drug-likeness (QED) is 0.889. The average molecular weight is 265 g/mol. The van der Waals surface area contributed by atoms with Crippen LogP contribution in [0.3, 0.4) is 0 Å². The molecular formula is C14H17ClN2O. The summed E-state index contributed by atoms with van der Waals surface area (Å²) in [4.78, 5) is 16.0. The summed E-state index contributed by atoms with van der Waals surface area (Å²) in [6.07, 6.45) is 8.47. The van der Waals surface area contributed by atoms with E-state index < -0.39 is 0 Å². The van der Waals surface area contributed by atoms with Crippen molar-refractivity contribution in [3.05, 3.63) is 29.0 Å². The number of hydrogen-bond donors (Lipinski definition) is 1. The monoisotopic (exact) mass is 264 g/mol. The van der Waals surface area contributed by atoms with Gasteiger partial charge >= 0.3 is 0 Å². The van der Waals surface area contributed by atoms with Gasteiger partial charge < -0.3 is 5.32 Å². The first kappa shape index (κ1) is 12.0. The van der Waals surface area contributed by atoms with E-state index in [1.165, 1.54) is 31.9 Å². The van der Waals surface area contributed by atoms with Crippen molar-refractivity contribution in [2.45, 2.75) is 25.7 Å². The smallest absolute Gasteiger partial charge is 0.254 e. The van der Waals surface area contributed by atoms with E-state index in [0.29, 0.717) is 16.5 Å². The lowest BCUT2D eigenvalue weighted by Gasteiger charge is -2.16. The molecule has 0 aromatic carbocycles. The zero-order valence-electron chi connectivity index (χ0n) is 10.2. The predicted molar refractivity (Wildman–Crippen MR) is 70.5 cm³/mol. The molecule has 3 nitrogen and oxygen atoms in total. The summed E-state index contributed by atoms with van der Waals surface area (Å²) in [5, 5.41) is 3.49. The van der Waals surface area contributed by atoms with Crippen molar-refractivity contribution in [3.8, 4) is 0 Å². The molecule has 0 unspecified atom stereocenters. The molecule has 1 N–H and O–H groups in total. The Balaban J connectivity index is 1.59. The van der Waals surface area contributed by atoms with Crippen LogP contribution in [0.2, 0.25) is 5.02 Å². The standard InChI is InChI=1S/C14H17ClN2O/c15-13-5-6-16-7-12(13)14(18)17-8-11(9-1-2-9)10-3-4-10/h5-7,9-11H,1-4,8H2,(H,17,18). The van der Waals surface area contributed by atoms with Crippen molar-refractivity contribution in [3.63, 3.8) is 0 Å². The fourth-order valence-electron chi connectivity index (χ4n) is 2.62. The van der Waals surface area contributed by atoms with E-state index in [4.69, 9.17) is 11.6 Å². The molecule has 96 valence electrons. The van der Waals surface area contributed by atoms with Crippen LogP contribution in [-0.4, -0.2) is 17.4 Å². The molecule has 1 aromatic heterocycles. The first-order valence-corrected chi connectivity index (χ1v) is 7.01. The highest BCUT2D eigenvalue weighted by Gasteiger charge is 2.41. The third kappa shape index (κ3) is 2.66. The lowest BCUT2D eigenvalue weighted by Crippen LogP contribution is -2.31. The Labute approximate surface area is 112 Å². The summed E-state index contributed by atoms with van der Waals surface area (Å²) < 4.78 is 0. The summed E-state index contributed by atoms with van der Waals surface area (Å²) >= 11 is 5.98. The van der Waals surface area contributed by atoms with Crippen LogP contribution in [-0.2, 0) is 0 Å². The number of amides is 1. The van der Waals surface area contributed by atoms with Gasteiger partial charge in [-0.05, 0) is 49.5 Å². The Bertz CT molecular complexity index is 443. The van der Waals surface area contributed by atoms with Gasteiger partial charge in [0.1, 0.15) is 0 Å². The molecule has 2 aliphatic rings. The number of rotatable bonds is 5. The molecule has 0 aliphatic heterocycles. The van der Waals surface area contributed by atoms with E-state index >= 15 is 0 Å². The molecule has 2 aliphatic carbocycles. The van der Waals surface area contributed by atoms with Crippen molar-refractivity contribution >= 4 is 17.5 Å². The maximum Gasteiger partial charge on any atom is 0.254 e. The second kappa shape index (κ2) is 4.88. The van der Waals surface area contributed by atoms with E-state index in [-0.39, 0.29) is 5.91 Å². The first-order chi connectivity index (χ1) is 8.75. The highest BCUT2D eigenvalue weighted by molar-refractivity contribution is 6.33. The molecule has 0 saturated heterocycles. The molecule has 3 rings (SSSR count). The van der Waals surface area contributed by atoms with Gasteiger partial charge in [0.25, 0.3) is 5.91 Å². The Morgan fingerprint density at radius 3 is 2.61 bits per heavy atom. The molecule has 18 heavy (non-hydrogen) atoms. The van der Waals surface area contributed by atoms with Crippen LogP contribution in [0.4, 0.5) is 0 Å². The lowest BCUT2D eigenvalue weighted by atomic mass is 9.98. The van der Waals surface area contributed by atoms with Gasteiger partial charge in [-0.15, -0.1) is 0 Å². The number of carbonyl (C=O) groups excluding carboxylic acids is 1. The highest BCUT2D eigenvalue weighted by atomic mass is 35.5. The van der Waals surface area contributed by atoms with E-state index in [1.807, 2.05) is 0 Å². The molecule has 1 aromatic rings. The van der Waals surface area contributed by atoms with Gasteiger partial charge in [-0.3, -0.25) is 9.78 Å². The van der Waals surface area contributed by atoms with Crippen LogP contribution in [0.5, 0.6) is 0 Å². The van der Waals surface area contributed by atoms with Crippen molar-refractivity contribution < 1.29 is 4.79 Å². The molecular weight excluding hydrogens is 248 g/mol. The van der Waals surface area contributed by atoms with Gasteiger partial charge in [-0.25, -0.2) is 0 Å². The van der Waals surface area contributed by atoms with E-state index in [2.05, 4.69) is 10.3 Å². The largest absolute Gasteiger partial charge is 0.352 e. The van der Waals surface area contributed by atoms with E-state index in [1.54, 1.807) is 12.3 Å². The summed E-state index contributed by atoms with van der Waals surface area (Å²) in [6.45, 7) is 0.791. The van der Waals surface area contributed by atoms with Crippen LogP contribution in [0.25, 0.3) is 0 Å². The number of halogens is 1. The number of nitrogens with zero attached hydrogens (tertiary/aromatic N) is 1. The molecule has 2 saturated carbocycles. The van der Waals surface area contributed by atoms with Crippen molar-refractivity contribution in [2.24, 2.45) is 17.8 Å². The minimum absolute atomic E-state index is 0.0978. The lowest BCUT2D eigenvalue weighted by molar-refractivity contribution is 0.0943. The Hall–Kier alpha value is -1.09. The molecule has 1 amide bonds. The maximum absolute atomic E-state index is 12.0. The maximum atomic E-state index is 12.0. The molecule has 0 bridgehead atoms. The fourth-order valence-corrected chi connectivity index (χ4v) is 2.81. The summed E-state index contributed by atoms with van der Waals surface area (Å²) in [7, 11) is 0. The van der Waals surface area contributed by atoms with Crippen LogP contribution < -0.4 is 5.32 Å². The number of hydrogen-bond acceptors (Lipinski definition) is 2. The zero-order valence-corrected chi connectivity index (χ0v) is 11.0. The number of aromatic nitrogens is 1. The number of nitrogens with one attached hydrogen (secondary N) is 1.